The monoisotopic (exact) mass is 489 g/mol. The normalized spacial score (nSPS) is 11.4. The van der Waals surface area contributed by atoms with Crippen molar-refractivity contribution >= 4 is 38.4 Å². The number of fused-ring (bicyclic) bond motifs is 4. The largest absolute Gasteiger partial charge is 0.422 e. The van der Waals surface area contributed by atoms with Gasteiger partial charge < -0.3 is 13.7 Å². The summed E-state index contributed by atoms with van der Waals surface area (Å²) < 4.78 is 11.4. The molecule has 0 unspecified atom stereocenters. The molecular weight excluding hydrogens is 466 g/mol. The Morgan fingerprint density at radius 3 is 2.14 bits per heavy atom. The van der Waals surface area contributed by atoms with E-state index in [1.54, 1.807) is 12.1 Å². The Balaban J connectivity index is 1.44. The molecule has 0 bridgehead atoms. The third-order valence-electron chi connectivity index (χ3n) is 6.66. The second-order valence-corrected chi connectivity index (χ2v) is 8.78. The van der Waals surface area contributed by atoms with Gasteiger partial charge in [-0.15, -0.1) is 0 Å². The molecule has 0 spiro atoms. The van der Waals surface area contributed by atoms with Crippen molar-refractivity contribution in [2.45, 2.75) is 13.8 Å². The van der Waals surface area contributed by atoms with Crippen LogP contribution in [0.25, 0.3) is 55.2 Å². The molecule has 0 atom stereocenters. The van der Waals surface area contributed by atoms with E-state index in [1.807, 2.05) is 54.6 Å². The SMILES string of the molecule is CCN(CC)c1ccc2cc(-c3cncc(-c4cc5ccc6ccccc6c5oc4=O)n3)c(=O)oc2c1. The Kier molecular flexibility index (Phi) is 5.53. The molecule has 37 heavy (non-hydrogen) atoms. The first-order valence-electron chi connectivity index (χ1n) is 12.2. The molecular formula is C30H23N3O4. The summed E-state index contributed by atoms with van der Waals surface area (Å²) in [4.78, 5) is 37.0. The van der Waals surface area contributed by atoms with E-state index < -0.39 is 11.3 Å². The van der Waals surface area contributed by atoms with E-state index in [9.17, 15) is 9.59 Å². The van der Waals surface area contributed by atoms with Gasteiger partial charge in [0.25, 0.3) is 0 Å². The molecule has 3 aromatic heterocycles. The highest BCUT2D eigenvalue weighted by molar-refractivity contribution is 6.04. The van der Waals surface area contributed by atoms with E-state index >= 15 is 0 Å². The number of rotatable bonds is 5. The lowest BCUT2D eigenvalue weighted by Gasteiger charge is -2.21. The fourth-order valence-electron chi connectivity index (χ4n) is 4.72. The van der Waals surface area contributed by atoms with E-state index in [2.05, 4.69) is 28.7 Å². The predicted molar refractivity (Wildman–Crippen MR) is 146 cm³/mol. The molecule has 0 fully saturated rings. The van der Waals surface area contributed by atoms with Crippen LogP contribution in [-0.2, 0) is 0 Å². The van der Waals surface area contributed by atoms with Gasteiger partial charge in [-0.2, -0.15) is 0 Å². The molecule has 0 N–H and O–H groups in total. The van der Waals surface area contributed by atoms with Crippen LogP contribution in [-0.4, -0.2) is 23.1 Å². The van der Waals surface area contributed by atoms with Crippen LogP contribution in [0.1, 0.15) is 13.8 Å². The molecule has 0 saturated carbocycles. The Hall–Kier alpha value is -4.78. The fourth-order valence-corrected chi connectivity index (χ4v) is 4.72. The maximum absolute atomic E-state index is 13.0. The van der Waals surface area contributed by atoms with Gasteiger partial charge in [0.15, 0.2) is 0 Å². The summed E-state index contributed by atoms with van der Waals surface area (Å²) in [6.45, 7) is 5.87. The van der Waals surface area contributed by atoms with Crippen molar-refractivity contribution < 1.29 is 8.83 Å². The zero-order valence-corrected chi connectivity index (χ0v) is 20.4. The Morgan fingerprint density at radius 2 is 1.38 bits per heavy atom. The number of hydrogen-bond donors (Lipinski definition) is 0. The van der Waals surface area contributed by atoms with Gasteiger partial charge in [-0.25, -0.2) is 14.6 Å². The Morgan fingerprint density at radius 1 is 0.730 bits per heavy atom. The van der Waals surface area contributed by atoms with Gasteiger partial charge in [-0.3, -0.25) is 4.98 Å². The molecule has 6 rings (SSSR count). The zero-order valence-electron chi connectivity index (χ0n) is 20.4. The van der Waals surface area contributed by atoms with Gasteiger partial charge in [0.05, 0.1) is 34.9 Å². The van der Waals surface area contributed by atoms with Crippen LogP contribution in [0.3, 0.4) is 0 Å². The van der Waals surface area contributed by atoms with Crippen molar-refractivity contribution in [3.63, 3.8) is 0 Å². The molecule has 3 aromatic carbocycles. The van der Waals surface area contributed by atoms with Crippen LogP contribution in [0, 0.1) is 0 Å². The standard InChI is InChI=1S/C30H23N3O4/c1-3-33(4-2)21-12-11-19-13-23(29(34)36-27(19)15-21)25-16-31-17-26(32-25)24-14-20-10-9-18-7-5-6-8-22(18)28(20)37-30(24)35/h5-17H,3-4H2,1-2H3. The van der Waals surface area contributed by atoms with E-state index in [1.165, 1.54) is 12.4 Å². The molecule has 7 nitrogen and oxygen atoms in total. The molecule has 0 amide bonds. The molecule has 182 valence electrons. The average molecular weight is 490 g/mol. The lowest BCUT2D eigenvalue weighted by molar-refractivity contribution is 0.563. The summed E-state index contributed by atoms with van der Waals surface area (Å²) in [5, 5.41) is 3.39. The van der Waals surface area contributed by atoms with Crippen molar-refractivity contribution in [1.82, 2.24) is 9.97 Å². The van der Waals surface area contributed by atoms with Crippen LogP contribution in [0.5, 0.6) is 0 Å². The summed E-state index contributed by atoms with van der Waals surface area (Å²) in [7, 11) is 0. The lowest BCUT2D eigenvalue weighted by atomic mass is 10.1. The first kappa shape index (κ1) is 22.7. The van der Waals surface area contributed by atoms with Gasteiger partial charge in [-0.05, 0) is 43.5 Å². The fraction of sp³-hybridized carbons (Fsp3) is 0.133. The van der Waals surface area contributed by atoms with Crippen molar-refractivity contribution in [3.05, 3.63) is 100.0 Å². The van der Waals surface area contributed by atoms with Crippen LogP contribution in [0.4, 0.5) is 5.69 Å². The molecule has 0 aliphatic carbocycles. The molecule has 3 heterocycles. The highest BCUT2D eigenvalue weighted by Gasteiger charge is 2.16. The third kappa shape index (κ3) is 3.94. The van der Waals surface area contributed by atoms with Gasteiger partial charge in [0, 0.05) is 41.0 Å². The third-order valence-corrected chi connectivity index (χ3v) is 6.66. The van der Waals surface area contributed by atoms with Gasteiger partial charge in [0.1, 0.15) is 11.2 Å². The summed E-state index contributed by atoms with van der Waals surface area (Å²) in [5.74, 6) is 0. The quantitative estimate of drug-likeness (QED) is 0.216. The van der Waals surface area contributed by atoms with Crippen LogP contribution < -0.4 is 16.2 Å². The van der Waals surface area contributed by atoms with Crippen LogP contribution in [0.15, 0.2) is 97.5 Å². The van der Waals surface area contributed by atoms with Crippen molar-refractivity contribution in [1.29, 1.82) is 0 Å². The average Bonchev–Trinajstić information content (AvgIpc) is 2.93. The minimum atomic E-state index is -0.523. The second kappa shape index (κ2) is 9.02. The summed E-state index contributed by atoms with van der Waals surface area (Å²) in [5.41, 5.74) is 2.15. The molecule has 0 aliphatic heterocycles. The van der Waals surface area contributed by atoms with Crippen molar-refractivity contribution in [3.8, 4) is 22.5 Å². The maximum Gasteiger partial charge on any atom is 0.345 e. The minimum Gasteiger partial charge on any atom is -0.422 e. The Bertz CT molecular complexity index is 1920. The number of anilines is 1. The zero-order chi connectivity index (χ0) is 25.5. The smallest absolute Gasteiger partial charge is 0.345 e. The van der Waals surface area contributed by atoms with Crippen molar-refractivity contribution in [2.24, 2.45) is 0 Å². The molecule has 0 saturated heterocycles. The topological polar surface area (TPSA) is 89.4 Å². The maximum atomic E-state index is 13.0. The van der Waals surface area contributed by atoms with E-state index in [0.29, 0.717) is 22.6 Å². The second-order valence-electron chi connectivity index (χ2n) is 8.78. The van der Waals surface area contributed by atoms with Gasteiger partial charge in [-0.1, -0.05) is 36.4 Å². The molecule has 0 radical (unpaired) electrons. The lowest BCUT2D eigenvalue weighted by Crippen LogP contribution is -2.21. The highest BCUT2D eigenvalue weighted by atomic mass is 16.4. The first-order valence-corrected chi connectivity index (χ1v) is 12.2. The summed E-state index contributed by atoms with van der Waals surface area (Å²) >= 11 is 0. The Labute approximate surface area is 211 Å². The molecule has 6 aromatic rings. The minimum absolute atomic E-state index is 0.270. The van der Waals surface area contributed by atoms with Crippen LogP contribution in [0.2, 0.25) is 0 Å². The van der Waals surface area contributed by atoms with Crippen LogP contribution >= 0.6 is 0 Å². The van der Waals surface area contributed by atoms with Gasteiger partial charge in [0.2, 0.25) is 0 Å². The summed E-state index contributed by atoms with van der Waals surface area (Å²) in [6.07, 6.45) is 2.98. The number of hydrogen-bond acceptors (Lipinski definition) is 7. The van der Waals surface area contributed by atoms with Gasteiger partial charge >= 0.3 is 11.3 Å². The number of aromatic nitrogens is 2. The van der Waals surface area contributed by atoms with E-state index in [-0.39, 0.29) is 11.1 Å². The molecule has 7 heteroatoms. The molecule has 0 aliphatic rings. The van der Waals surface area contributed by atoms with E-state index in [4.69, 9.17) is 8.83 Å². The predicted octanol–water partition coefficient (Wildman–Crippen LogP) is 6.02. The van der Waals surface area contributed by atoms with E-state index in [0.717, 1.165) is 40.3 Å². The number of benzene rings is 3. The van der Waals surface area contributed by atoms with Crippen molar-refractivity contribution in [2.75, 3.05) is 18.0 Å². The first-order chi connectivity index (χ1) is 18.1. The highest BCUT2D eigenvalue weighted by Crippen LogP contribution is 2.28. The number of nitrogens with zero attached hydrogens (tertiary/aromatic N) is 3. The summed E-state index contributed by atoms with van der Waals surface area (Å²) in [6, 6.07) is 20.9.